The van der Waals surface area contributed by atoms with Crippen molar-refractivity contribution in [3.63, 3.8) is 0 Å². The number of nitrogens with one attached hydrogen (secondary N) is 1. The van der Waals surface area contributed by atoms with E-state index in [0.717, 1.165) is 0 Å². The molecule has 1 aliphatic carbocycles. The van der Waals surface area contributed by atoms with Crippen molar-refractivity contribution in [2.75, 3.05) is 0 Å². The van der Waals surface area contributed by atoms with Gasteiger partial charge in [0.25, 0.3) is 0 Å². The van der Waals surface area contributed by atoms with E-state index in [-0.39, 0.29) is 0 Å². The fraction of sp³-hybridized carbons (Fsp3) is 0.600. The first-order chi connectivity index (χ1) is 6.95. The number of hydrogen-bond donors (Lipinski definition) is 1. The van der Waals surface area contributed by atoms with Gasteiger partial charge in [-0.05, 0) is 18.9 Å². The van der Waals surface area contributed by atoms with Gasteiger partial charge in [0.1, 0.15) is 0 Å². The lowest BCUT2D eigenvalue weighted by molar-refractivity contribution is 0.120. The van der Waals surface area contributed by atoms with Crippen LogP contribution in [0.4, 0.5) is 0 Å². The summed E-state index contributed by atoms with van der Waals surface area (Å²) in [5.41, 5.74) is 3.01. The van der Waals surface area contributed by atoms with Crippen LogP contribution in [0.15, 0.2) is 18.5 Å². The van der Waals surface area contributed by atoms with E-state index >= 15 is 0 Å². The summed E-state index contributed by atoms with van der Waals surface area (Å²) in [6, 6.07) is 2.64. The Labute approximate surface area is 83.7 Å². The molecule has 0 amide bonds. The van der Waals surface area contributed by atoms with Gasteiger partial charge >= 0.3 is 6.01 Å². The number of rotatable bonds is 3. The summed E-state index contributed by atoms with van der Waals surface area (Å²) >= 11 is 0. The Kier molecular flexibility index (Phi) is 3.29. The van der Waals surface area contributed by atoms with Crippen molar-refractivity contribution in [3.8, 4) is 6.01 Å². The number of hydrogen-bond acceptors (Lipinski definition) is 4. The van der Waals surface area contributed by atoms with Gasteiger partial charge in [0.05, 0.1) is 0 Å². The van der Waals surface area contributed by atoms with E-state index < -0.39 is 0 Å². The maximum atomic E-state index is 5.27. The zero-order valence-corrected chi connectivity index (χ0v) is 8.15. The third-order valence-electron chi connectivity index (χ3n) is 2.46. The molecule has 0 unspecified atom stereocenters. The van der Waals surface area contributed by atoms with E-state index in [2.05, 4.69) is 15.4 Å². The average Bonchev–Trinajstić information content (AvgIpc) is 2.29. The molecule has 1 heterocycles. The quantitative estimate of drug-likeness (QED) is 0.742. The van der Waals surface area contributed by atoms with Crippen LogP contribution < -0.4 is 10.3 Å². The monoisotopic (exact) mass is 193 g/mol. The molecule has 0 spiro atoms. The number of hydroxylamine groups is 1. The lowest BCUT2D eigenvalue weighted by Crippen LogP contribution is -2.34. The summed E-state index contributed by atoms with van der Waals surface area (Å²) in [6.45, 7) is 0. The zero-order valence-electron chi connectivity index (χ0n) is 8.15. The minimum absolute atomic E-state index is 0.401. The minimum atomic E-state index is 0.401. The first-order valence-electron chi connectivity index (χ1n) is 5.14. The Balaban J connectivity index is 1.76. The van der Waals surface area contributed by atoms with Crippen LogP contribution in [-0.4, -0.2) is 16.0 Å². The predicted molar refractivity (Wildman–Crippen MR) is 52.7 cm³/mol. The third-order valence-corrected chi connectivity index (χ3v) is 2.46. The first-order valence-corrected chi connectivity index (χ1v) is 5.14. The van der Waals surface area contributed by atoms with Crippen LogP contribution in [0.5, 0.6) is 6.01 Å². The van der Waals surface area contributed by atoms with Crippen LogP contribution in [-0.2, 0) is 0 Å². The summed E-state index contributed by atoms with van der Waals surface area (Å²) in [5.74, 6) is 0. The van der Waals surface area contributed by atoms with E-state index in [0.29, 0.717) is 12.1 Å². The largest absolute Gasteiger partial charge is 0.368 e. The Bertz CT molecular complexity index is 259. The minimum Gasteiger partial charge on any atom is -0.368 e. The van der Waals surface area contributed by atoms with Crippen LogP contribution in [0.25, 0.3) is 0 Å². The number of aromatic nitrogens is 2. The highest BCUT2D eigenvalue weighted by Crippen LogP contribution is 2.17. The predicted octanol–water partition coefficient (Wildman–Crippen LogP) is 1.69. The van der Waals surface area contributed by atoms with Crippen molar-refractivity contribution in [1.82, 2.24) is 15.4 Å². The standard InChI is InChI=1S/C10H15N3O/c1-2-5-9(6-3-1)13-14-10-11-7-4-8-12-10/h4,7-9,13H,1-3,5-6H2. The van der Waals surface area contributed by atoms with Crippen molar-refractivity contribution >= 4 is 0 Å². The SMILES string of the molecule is c1cnc(ONC2CCCCC2)nc1. The molecule has 0 atom stereocenters. The Morgan fingerprint density at radius 1 is 1.14 bits per heavy atom. The number of nitrogens with zero attached hydrogens (tertiary/aromatic N) is 2. The highest BCUT2D eigenvalue weighted by atomic mass is 16.7. The molecule has 1 aliphatic rings. The molecule has 1 fully saturated rings. The molecule has 1 aromatic rings. The van der Waals surface area contributed by atoms with Crippen molar-refractivity contribution in [3.05, 3.63) is 18.5 Å². The molecule has 76 valence electrons. The Morgan fingerprint density at radius 3 is 2.57 bits per heavy atom. The van der Waals surface area contributed by atoms with Gasteiger partial charge in [-0.25, -0.2) is 9.97 Å². The molecule has 14 heavy (non-hydrogen) atoms. The van der Waals surface area contributed by atoms with Crippen molar-refractivity contribution < 1.29 is 4.84 Å². The van der Waals surface area contributed by atoms with E-state index in [1.165, 1.54) is 32.1 Å². The molecule has 1 aromatic heterocycles. The fourth-order valence-corrected chi connectivity index (χ4v) is 1.69. The van der Waals surface area contributed by atoms with Crippen molar-refractivity contribution in [2.24, 2.45) is 0 Å². The summed E-state index contributed by atoms with van der Waals surface area (Å²) in [4.78, 5) is 13.2. The zero-order chi connectivity index (χ0) is 9.64. The van der Waals surface area contributed by atoms with Crippen LogP contribution in [0.1, 0.15) is 32.1 Å². The maximum Gasteiger partial charge on any atom is 0.335 e. The molecule has 4 nitrogen and oxygen atoms in total. The topological polar surface area (TPSA) is 47.0 Å². The van der Waals surface area contributed by atoms with Gasteiger partial charge in [0.2, 0.25) is 0 Å². The van der Waals surface area contributed by atoms with E-state index in [4.69, 9.17) is 4.84 Å². The van der Waals surface area contributed by atoms with E-state index in [1.54, 1.807) is 18.5 Å². The average molecular weight is 193 g/mol. The molecular formula is C10H15N3O. The molecule has 1 N–H and O–H groups in total. The van der Waals surface area contributed by atoms with Gasteiger partial charge in [-0.15, -0.1) is 5.48 Å². The molecule has 0 aliphatic heterocycles. The summed E-state index contributed by atoms with van der Waals surface area (Å²) in [6.07, 6.45) is 9.64. The molecule has 0 radical (unpaired) electrons. The first kappa shape index (κ1) is 9.40. The third kappa shape index (κ3) is 2.67. The van der Waals surface area contributed by atoms with Gasteiger partial charge in [-0.3, -0.25) is 0 Å². The van der Waals surface area contributed by atoms with Crippen LogP contribution in [0.2, 0.25) is 0 Å². The summed E-state index contributed by atoms with van der Waals surface area (Å²) in [7, 11) is 0. The summed E-state index contributed by atoms with van der Waals surface area (Å²) < 4.78 is 0. The molecule has 0 saturated heterocycles. The van der Waals surface area contributed by atoms with Gasteiger partial charge in [0, 0.05) is 18.4 Å². The van der Waals surface area contributed by atoms with Gasteiger partial charge < -0.3 is 4.84 Å². The van der Waals surface area contributed by atoms with Gasteiger partial charge in [-0.2, -0.15) is 0 Å². The highest BCUT2D eigenvalue weighted by molar-refractivity contribution is 4.92. The normalized spacial score (nSPS) is 18.0. The second kappa shape index (κ2) is 4.91. The molecule has 1 saturated carbocycles. The second-order valence-corrected chi connectivity index (χ2v) is 3.59. The molecule has 4 heteroatoms. The Morgan fingerprint density at radius 2 is 1.86 bits per heavy atom. The van der Waals surface area contributed by atoms with Crippen LogP contribution >= 0.6 is 0 Å². The van der Waals surface area contributed by atoms with Crippen LogP contribution in [0.3, 0.4) is 0 Å². The lowest BCUT2D eigenvalue weighted by atomic mass is 9.96. The molecule has 2 rings (SSSR count). The second-order valence-electron chi connectivity index (χ2n) is 3.59. The molecule has 0 aromatic carbocycles. The maximum absolute atomic E-state index is 5.27. The van der Waals surface area contributed by atoms with Crippen molar-refractivity contribution in [2.45, 2.75) is 38.1 Å². The highest BCUT2D eigenvalue weighted by Gasteiger charge is 2.13. The molecule has 0 bridgehead atoms. The summed E-state index contributed by atoms with van der Waals surface area (Å²) in [5, 5.41) is 0. The fourth-order valence-electron chi connectivity index (χ4n) is 1.69. The van der Waals surface area contributed by atoms with Gasteiger partial charge in [0.15, 0.2) is 0 Å². The van der Waals surface area contributed by atoms with Crippen molar-refractivity contribution in [1.29, 1.82) is 0 Å². The smallest absolute Gasteiger partial charge is 0.335 e. The van der Waals surface area contributed by atoms with Gasteiger partial charge in [-0.1, -0.05) is 19.3 Å². The lowest BCUT2D eigenvalue weighted by Gasteiger charge is -2.21. The molecular weight excluding hydrogens is 178 g/mol. The van der Waals surface area contributed by atoms with E-state index in [9.17, 15) is 0 Å². The van der Waals surface area contributed by atoms with E-state index in [1.807, 2.05) is 0 Å². The van der Waals surface area contributed by atoms with Crippen LogP contribution in [0, 0.1) is 0 Å². The Hall–Kier alpha value is -1.16.